The highest BCUT2D eigenvalue weighted by Gasteiger charge is 2.33. The highest BCUT2D eigenvalue weighted by molar-refractivity contribution is 7.87. The van der Waals surface area contributed by atoms with E-state index in [-0.39, 0.29) is 12.2 Å². The van der Waals surface area contributed by atoms with Crippen molar-refractivity contribution in [2.45, 2.75) is 32.1 Å². The van der Waals surface area contributed by atoms with E-state index in [9.17, 15) is 8.42 Å². The molecule has 6 heteroatoms. The minimum Gasteiger partial charge on any atom is -0.373 e. The van der Waals surface area contributed by atoms with Gasteiger partial charge >= 0.3 is 0 Å². The summed E-state index contributed by atoms with van der Waals surface area (Å²) in [5.74, 6) is 0. The summed E-state index contributed by atoms with van der Waals surface area (Å²) in [5.41, 5.74) is 1.82. The molecule has 3 rings (SSSR count). The molecule has 0 bridgehead atoms. The third-order valence-electron chi connectivity index (χ3n) is 4.26. The van der Waals surface area contributed by atoms with Crippen LogP contribution in [-0.4, -0.2) is 38.0 Å². The minimum atomic E-state index is -3.64. The van der Waals surface area contributed by atoms with Gasteiger partial charge in [0.1, 0.15) is 0 Å². The van der Waals surface area contributed by atoms with Crippen LogP contribution in [0.5, 0.6) is 0 Å². The first-order valence-corrected chi connectivity index (χ1v) is 9.92. The van der Waals surface area contributed by atoms with Gasteiger partial charge in [-0.1, -0.05) is 60.7 Å². The van der Waals surface area contributed by atoms with Gasteiger partial charge in [0, 0.05) is 13.1 Å². The molecule has 1 N–H and O–H groups in total. The second-order valence-electron chi connectivity index (χ2n) is 6.45. The maximum Gasteiger partial charge on any atom is 0.280 e. The van der Waals surface area contributed by atoms with Crippen LogP contribution in [0.15, 0.2) is 60.7 Å². The molecule has 1 aliphatic heterocycles. The van der Waals surface area contributed by atoms with Crippen LogP contribution in [-0.2, 0) is 14.9 Å². The van der Waals surface area contributed by atoms with Crippen molar-refractivity contribution < 1.29 is 13.2 Å². The first-order valence-electron chi connectivity index (χ1n) is 8.48. The Morgan fingerprint density at radius 1 is 0.920 bits per heavy atom. The summed E-state index contributed by atoms with van der Waals surface area (Å²) >= 11 is 0. The van der Waals surface area contributed by atoms with Crippen molar-refractivity contribution in [2.75, 3.05) is 13.1 Å². The number of benzene rings is 2. The van der Waals surface area contributed by atoms with Crippen molar-refractivity contribution in [3.63, 3.8) is 0 Å². The smallest absolute Gasteiger partial charge is 0.280 e. The van der Waals surface area contributed by atoms with E-state index in [1.54, 1.807) is 0 Å². The lowest BCUT2D eigenvalue weighted by atomic mass is 10.00. The molecule has 5 nitrogen and oxygen atoms in total. The Balaban J connectivity index is 1.90. The van der Waals surface area contributed by atoms with E-state index in [1.807, 2.05) is 74.5 Å². The van der Waals surface area contributed by atoms with Crippen molar-refractivity contribution in [1.29, 1.82) is 0 Å². The fourth-order valence-corrected chi connectivity index (χ4v) is 4.70. The predicted molar refractivity (Wildman–Crippen MR) is 98.4 cm³/mol. The van der Waals surface area contributed by atoms with Crippen molar-refractivity contribution >= 4 is 10.2 Å². The van der Waals surface area contributed by atoms with E-state index in [2.05, 4.69) is 4.72 Å². The van der Waals surface area contributed by atoms with E-state index in [4.69, 9.17) is 4.74 Å². The molecule has 2 aromatic rings. The number of nitrogens with one attached hydrogen (secondary N) is 1. The summed E-state index contributed by atoms with van der Waals surface area (Å²) in [6.45, 7) is 4.50. The summed E-state index contributed by atoms with van der Waals surface area (Å²) in [6, 6.07) is 18.8. The molecular weight excluding hydrogens is 336 g/mol. The number of ether oxygens (including phenoxy) is 1. The van der Waals surface area contributed by atoms with Gasteiger partial charge < -0.3 is 4.74 Å². The van der Waals surface area contributed by atoms with E-state index in [0.717, 1.165) is 11.1 Å². The fraction of sp³-hybridized carbons (Fsp3) is 0.368. The molecule has 0 saturated carbocycles. The van der Waals surface area contributed by atoms with Crippen LogP contribution in [0, 0.1) is 0 Å². The molecule has 0 radical (unpaired) electrons. The Hall–Kier alpha value is -1.73. The zero-order chi connectivity index (χ0) is 17.9. The van der Waals surface area contributed by atoms with Crippen LogP contribution in [0.1, 0.15) is 31.0 Å². The number of nitrogens with zero attached hydrogens (tertiary/aromatic N) is 1. The second kappa shape index (κ2) is 7.66. The van der Waals surface area contributed by atoms with E-state index in [1.165, 1.54) is 4.31 Å². The number of hydrogen-bond acceptors (Lipinski definition) is 3. The Morgan fingerprint density at radius 3 is 1.80 bits per heavy atom. The molecular formula is C19H24N2O3S. The van der Waals surface area contributed by atoms with Crippen molar-refractivity contribution in [3.8, 4) is 0 Å². The Kier molecular flexibility index (Phi) is 5.54. The zero-order valence-corrected chi connectivity index (χ0v) is 15.3. The van der Waals surface area contributed by atoms with E-state index < -0.39 is 16.3 Å². The average molecular weight is 360 g/mol. The van der Waals surface area contributed by atoms with Crippen LogP contribution >= 0.6 is 0 Å². The Bertz CT molecular complexity index is 731. The monoisotopic (exact) mass is 360 g/mol. The van der Waals surface area contributed by atoms with Gasteiger partial charge in [0.05, 0.1) is 18.2 Å². The number of rotatable bonds is 5. The summed E-state index contributed by atoms with van der Waals surface area (Å²) in [5, 5.41) is 0. The molecule has 2 atom stereocenters. The molecule has 0 spiro atoms. The number of morpholine rings is 1. The van der Waals surface area contributed by atoms with Crippen LogP contribution in [0.2, 0.25) is 0 Å². The van der Waals surface area contributed by atoms with Crippen LogP contribution in [0.25, 0.3) is 0 Å². The van der Waals surface area contributed by atoms with Gasteiger partial charge in [-0.05, 0) is 25.0 Å². The summed E-state index contributed by atoms with van der Waals surface area (Å²) in [4.78, 5) is 0. The van der Waals surface area contributed by atoms with Gasteiger partial charge in [0.15, 0.2) is 0 Å². The topological polar surface area (TPSA) is 58.6 Å². The summed E-state index contributed by atoms with van der Waals surface area (Å²) < 4.78 is 36.0. The fourth-order valence-electron chi connectivity index (χ4n) is 3.17. The quantitative estimate of drug-likeness (QED) is 0.892. The molecule has 134 valence electrons. The summed E-state index contributed by atoms with van der Waals surface area (Å²) in [7, 11) is -3.64. The van der Waals surface area contributed by atoms with Crippen LogP contribution in [0.3, 0.4) is 0 Å². The minimum absolute atomic E-state index is 0.118. The lowest BCUT2D eigenvalue weighted by Gasteiger charge is -2.35. The molecule has 0 amide bonds. The second-order valence-corrected chi connectivity index (χ2v) is 8.15. The third-order valence-corrected chi connectivity index (χ3v) is 5.77. The van der Waals surface area contributed by atoms with Crippen molar-refractivity contribution in [2.24, 2.45) is 0 Å². The SMILES string of the molecule is C[C@H]1CN(S(=O)(=O)NC(c2ccccc2)c2ccccc2)C[C@H](C)O1. The van der Waals surface area contributed by atoms with E-state index in [0.29, 0.717) is 13.1 Å². The molecule has 1 aliphatic rings. The zero-order valence-electron chi connectivity index (χ0n) is 14.5. The molecule has 0 unspecified atom stereocenters. The Labute approximate surface area is 149 Å². The molecule has 0 aromatic heterocycles. The van der Waals surface area contributed by atoms with Crippen molar-refractivity contribution in [1.82, 2.24) is 9.03 Å². The van der Waals surface area contributed by atoms with Crippen LogP contribution < -0.4 is 4.72 Å². The van der Waals surface area contributed by atoms with Gasteiger partial charge in [-0.15, -0.1) is 0 Å². The Morgan fingerprint density at radius 2 is 1.36 bits per heavy atom. The largest absolute Gasteiger partial charge is 0.373 e. The highest BCUT2D eigenvalue weighted by Crippen LogP contribution is 2.24. The maximum atomic E-state index is 13.0. The lowest BCUT2D eigenvalue weighted by molar-refractivity contribution is -0.0444. The molecule has 0 aliphatic carbocycles. The predicted octanol–water partition coefficient (Wildman–Crippen LogP) is 2.72. The van der Waals surface area contributed by atoms with Gasteiger partial charge in [-0.3, -0.25) is 0 Å². The summed E-state index contributed by atoms with van der Waals surface area (Å²) in [6.07, 6.45) is -0.237. The van der Waals surface area contributed by atoms with Crippen LogP contribution in [0.4, 0.5) is 0 Å². The molecule has 25 heavy (non-hydrogen) atoms. The highest BCUT2D eigenvalue weighted by atomic mass is 32.2. The lowest BCUT2D eigenvalue weighted by Crippen LogP contribution is -2.52. The van der Waals surface area contributed by atoms with Gasteiger partial charge in [-0.25, -0.2) is 0 Å². The number of hydrogen-bond donors (Lipinski definition) is 1. The molecule has 1 fully saturated rings. The van der Waals surface area contributed by atoms with Crippen molar-refractivity contribution in [3.05, 3.63) is 71.8 Å². The molecule has 1 saturated heterocycles. The van der Waals surface area contributed by atoms with Gasteiger partial charge in [0.25, 0.3) is 10.2 Å². The standard InChI is InChI=1S/C19H24N2O3S/c1-15-13-21(14-16(2)24-15)25(22,23)20-19(17-9-5-3-6-10-17)18-11-7-4-8-12-18/h3-12,15-16,19-20H,13-14H2,1-2H3/t15-,16-/m0/s1. The van der Waals surface area contributed by atoms with E-state index >= 15 is 0 Å². The van der Waals surface area contributed by atoms with Gasteiger partial charge in [-0.2, -0.15) is 17.4 Å². The first kappa shape index (κ1) is 18.1. The maximum absolute atomic E-state index is 13.0. The first-order chi connectivity index (χ1) is 12.0. The normalized spacial score (nSPS) is 22.2. The van der Waals surface area contributed by atoms with Gasteiger partial charge in [0.2, 0.25) is 0 Å². The third kappa shape index (κ3) is 4.46. The molecule has 1 heterocycles. The average Bonchev–Trinajstić information content (AvgIpc) is 2.60. The molecule has 2 aromatic carbocycles.